The lowest BCUT2D eigenvalue weighted by atomic mass is 9.88. The molecule has 168 valence electrons. The lowest BCUT2D eigenvalue weighted by Crippen LogP contribution is -2.25. The minimum absolute atomic E-state index is 0.0156. The number of aromatic nitrogens is 3. The summed E-state index contributed by atoms with van der Waals surface area (Å²) in [6, 6.07) is 21.8. The molecule has 0 aliphatic heterocycles. The molecule has 0 spiro atoms. The van der Waals surface area contributed by atoms with E-state index >= 15 is 0 Å². The standard InChI is InChI=1S/C26H25FN4O2/c1-33-24-12-8-21(9-13-24)25(20-6-10-23(27)11-7-20)14-15-29-26(32)22-4-2-19(3-5-22)16-31-18-28-17-30-31/h2-13,17-18,25H,14-16H2,1H3,(H,29,32). The second-order valence-electron chi connectivity index (χ2n) is 7.71. The predicted molar refractivity (Wildman–Crippen MR) is 124 cm³/mol. The van der Waals surface area contributed by atoms with Crippen molar-refractivity contribution in [3.05, 3.63) is 114 Å². The van der Waals surface area contributed by atoms with Crippen LogP contribution in [0.3, 0.4) is 0 Å². The number of methoxy groups -OCH3 is 1. The summed E-state index contributed by atoms with van der Waals surface area (Å²) in [4.78, 5) is 16.6. The van der Waals surface area contributed by atoms with Crippen molar-refractivity contribution in [2.45, 2.75) is 18.9 Å². The van der Waals surface area contributed by atoms with Gasteiger partial charge in [0.25, 0.3) is 5.91 Å². The number of amides is 1. The first kappa shape index (κ1) is 22.2. The van der Waals surface area contributed by atoms with Crippen LogP contribution in [0.4, 0.5) is 4.39 Å². The molecular weight excluding hydrogens is 419 g/mol. The van der Waals surface area contributed by atoms with Gasteiger partial charge in [-0.3, -0.25) is 4.79 Å². The fourth-order valence-electron chi connectivity index (χ4n) is 3.75. The van der Waals surface area contributed by atoms with Crippen molar-refractivity contribution in [1.29, 1.82) is 0 Å². The number of nitrogens with one attached hydrogen (secondary N) is 1. The van der Waals surface area contributed by atoms with Gasteiger partial charge in [-0.2, -0.15) is 5.10 Å². The summed E-state index contributed by atoms with van der Waals surface area (Å²) >= 11 is 0. The maximum absolute atomic E-state index is 13.4. The van der Waals surface area contributed by atoms with Gasteiger partial charge in [0.05, 0.1) is 13.7 Å². The predicted octanol–water partition coefficient (Wildman–Crippen LogP) is 4.43. The molecule has 4 aromatic rings. The van der Waals surface area contributed by atoms with Gasteiger partial charge in [0, 0.05) is 18.0 Å². The fraction of sp³-hybridized carbons (Fsp3) is 0.192. The Bertz CT molecular complexity index is 1160. The molecular formula is C26H25FN4O2. The Morgan fingerprint density at radius 2 is 1.67 bits per heavy atom. The van der Waals surface area contributed by atoms with Gasteiger partial charge in [-0.1, -0.05) is 36.4 Å². The summed E-state index contributed by atoms with van der Waals surface area (Å²) in [5, 5.41) is 7.09. The van der Waals surface area contributed by atoms with Gasteiger partial charge in [-0.25, -0.2) is 14.1 Å². The highest BCUT2D eigenvalue weighted by atomic mass is 19.1. The van der Waals surface area contributed by atoms with Gasteiger partial charge in [-0.15, -0.1) is 0 Å². The Hall–Kier alpha value is -4.00. The molecule has 1 amide bonds. The van der Waals surface area contributed by atoms with Gasteiger partial charge in [0.2, 0.25) is 0 Å². The molecule has 1 heterocycles. The molecule has 7 heteroatoms. The third-order valence-electron chi connectivity index (χ3n) is 5.54. The average Bonchev–Trinajstić information content (AvgIpc) is 3.36. The van der Waals surface area contributed by atoms with Crippen LogP contribution in [0, 0.1) is 5.82 Å². The summed E-state index contributed by atoms with van der Waals surface area (Å²) in [5.41, 5.74) is 3.70. The van der Waals surface area contributed by atoms with Crippen LogP contribution in [0.15, 0.2) is 85.5 Å². The Labute approximate surface area is 192 Å². The first-order chi connectivity index (χ1) is 16.1. The minimum Gasteiger partial charge on any atom is -0.497 e. The number of halogens is 1. The van der Waals surface area contributed by atoms with Crippen molar-refractivity contribution in [2.75, 3.05) is 13.7 Å². The Morgan fingerprint density at radius 1 is 1.00 bits per heavy atom. The van der Waals surface area contributed by atoms with E-state index in [-0.39, 0.29) is 17.6 Å². The molecule has 0 bridgehead atoms. The average molecular weight is 445 g/mol. The van der Waals surface area contributed by atoms with Crippen LogP contribution in [-0.2, 0) is 6.54 Å². The maximum atomic E-state index is 13.4. The zero-order chi connectivity index (χ0) is 23.0. The first-order valence-corrected chi connectivity index (χ1v) is 10.7. The SMILES string of the molecule is COc1ccc(C(CCNC(=O)c2ccc(Cn3cncn3)cc2)c2ccc(F)cc2)cc1. The number of nitrogens with zero attached hydrogens (tertiary/aromatic N) is 3. The van der Waals surface area contributed by atoms with E-state index < -0.39 is 0 Å². The van der Waals surface area contributed by atoms with E-state index in [9.17, 15) is 9.18 Å². The van der Waals surface area contributed by atoms with E-state index in [0.717, 1.165) is 22.4 Å². The summed E-state index contributed by atoms with van der Waals surface area (Å²) in [6.45, 7) is 1.08. The summed E-state index contributed by atoms with van der Waals surface area (Å²) in [7, 11) is 1.63. The molecule has 0 aliphatic carbocycles. The molecule has 33 heavy (non-hydrogen) atoms. The maximum Gasteiger partial charge on any atom is 0.251 e. The third-order valence-corrected chi connectivity index (χ3v) is 5.54. The number of hydrogen-bond donors (Lipinski definition) is 1. The molecule has 0 aliphatic rings. The highest BCUT2D eigenvalue weighted by Crippen LogP contribution is 2.29. The van der Waals surface area contributed by atoms with Crippen molar-refractivity contribution < 1.29 is 13.9 Å². The molecule has 1 aromatic heterocycles. The Kier molecular flexibility index (Phi) is 7.09. The van der Waals surface area contributed by atoms with Crippen LogP contribution in [0.1, 0.15) is 39.4 Å². The lowest BCUT2D eigenvalue weighted by Gasteiger charge is -2.19. The molecule has 1 unspecified atom stereocenters. The highest BCUT2D eigenvalue weighted by Gasteiger charge is 2.15. The minimum atomic E-state index is -0.271. The molecule has 0 saturated carbocycles. The van der Waals surface area contributed by atoms with Crippen molar-refractivity contribution in [3.63, 3.8) is 0 Å². The molecule has 1 atom stereocenters. The number of carbonyl (C=O) groups is 1. The molecule has 0 fully saturated rings. The number of hydrogen-bond acceptors (Lipinski definition) is 4. The number of ether oxygens (including phenoxy) is 1. The van der Waals surface area contributed by atoms with E-state index in [1.165, 1.54) is 18.5 Å². The van der Waals surface area contributed by atoms with Crippen LogP contribution >= 0.6 is 0 Å². The summed E-state index contributed by atoms with van der Waals surface area (Å²) in [5.74, 6) is 0.390. The van der Waals surface area contributed by atoms with E-state index in [1.807, 2.05) is 48.5 Å². The van der Waals surface area contributed by atoms with Crippen molar-refractivity contribution in [3.8, 4) is 5.75 Å². The monoisotopic (exact) mass is 444 g/mol. The van der Waals surface area contributed by atoms with Gasteiger partial charge in [-0.05, 0) is 59.5 Å². The molecule has 4 rings (SSSR count). The number of rotatable bonds is 9. The second kappa shape index (κ2) is 10.5. The van der Waals surface area contributed by atoms with E-state index in [4.69, 9.17) is 4.74 Å². The number of carbonyl (C=O) groups excluding carboxylic acids is 1. The van der Waals surface area contributed by atoms with Crippen molar-refractivity contribution in [1.82, 2.24) is 20.1 Å². The molecule has 0 radical (unpaired) electrons. The molecule has 6 nitrogen and oxygen atoms in total. The zero-order valence-electron chi connectivity index (χ0n) is 18.3. The van der Waals surface area contributed by atoms with Crippen LogP contribution in [0.25, 0.3) is 0 Å². The van der Waals surface area contributed by atoms with Crippen LogP contribution in [0.5, 0.6) is 5.75 Å². The quantitative estimate of drug-likeness (QED) is 0.415. The van der Waals surface area contributed by atoms with Gasteiger partial charge in [0.15, 0.2) is 0 Å². The molecule has 1 N–H and O–H groups in total. The summed E-state index contributed by atoms with van der Waals surface area (Å²) in [6.07, 6.45) is 3.82. The van der Waals surface area contributed by atoms with E-state index in [2.05, 4.69) is 15.4 Å². The zero-order valence-corrected chi connectivity index (χ0v) is 18.3. The normalized spacial score (nSPS) is 11.7. The van der Waals surface area contributed by atoms with E-state index in [1.54, 1.807) is 30.3 Å². The third kappa shape index (κ3) is 5.83. The first-order valence-electron chi connectivity index (χ1n) is 10.7. The van der Waals surface area contributed by atoms with Gasteiger partial charge in [0.1, 0.15) is 24.2 Å². The van der Waals surface area contributed by atoms with Crippen molar-refractivity contribution >= 4 is 5.91 Å². The Morgan fingerprint density at radius 3 is 2.27 bits per heavy atom. The highest BCUT2D eigenvalue weighted by molar-refractivity contribution is 5.94. The lowest BCUT2D eigenvalue weighted by molar-refractivity contribution is 0.0953. The number of benzene rings is 3. The van der Waals surface area contributed by atoms with Crippen LogP contribution in [0.2, 0.25) is 0 Å². The molecule has 3 aromatic carbocycles. The Balaban J connectivity index is 1.39. The molecule has 0 saturated heterocycles. The summed E-state index contributed by atoms with van der Waals surface area (Å²) < 4.78 is 20.4. The largest absolute Gasteiger partial charge is 0.497 e. The topological polar surface area (TPSA) is 69.0 Å². The van der Waals surface area contributed by atoms with Gasteiger partial charge < -0.3 is 10.1 Å². The van der Waals surface area contributed by atoms with Crippen LogP contribution < -0.4 is 10.1 Å². The second-order valence-corrected chi connectivity index (χ2v) is 7.71. The van der Waals surface area contributed by atoms with Crippen LogP contribution in [-0.4, -0.2) is 34.3 Å². The van der Waals surface area contributed by atoms with Gasteiger partial charge >= 0.3 is 0 Å². The van der Waals surface area contributed by atoms with Crippen molar-refractivity contribution in [2.24, 2.45) is 0 Å². The van der Waals surface area contributed by atoms with E-state index in [0.29, 0.717) is 25.1 Å². The fourth-order valence-corrected chi connectivity index (χ4v) is 3.75. The smallest absolute Gasteiger partial charge is 0.251 e.